The minimum absolute atomic E-state index is 0.135. The molecule has 0 saturated heterocycles. The fourth-order valence-corrected chi connectivity index (χ4v) is 4.06. The molecule has 0 bridgehead atoms. The molecular formula is C21H23FN6O3. The molecule has 3 N–H and O–H groups in total. The zero-order valence-electron chi connectivity index (χ0n) is 17.1. The Balaban J connectivity index is 1.54. The fraction of sp³-hybridized carbons (Fsp3) is 0.429. The molecule has 2 atom stereocenters. The normalized spacial score (nSPS) is 18.8. The smallest absolute Gasteiger partial charge is 0.322 e. The summed E-state index contributed by atoms with van der Waals surface area (Å²) in [6.07, 6.45) is 0.537. The second kappa shape index (κ2) is 8.35. The highest BCUT2D eigenvalue weighted by molar-refractivity contribution is 5.95. The van der Waals surface area contributed by atoms with Gasteiger partial charge in [-0.25, -0.2) is 9.18 Å². The number of nitrogens with one attached hydrogen (secondary N) is 2. The molecule has 0 spiro atoms. The van der Waals surface area contributed by atoms with Crippen molar-refractivity contribution >= 4 is 17.6 Å². The summed E-state index contributed by atoms with van der Waals surface area (Å²) in [6.45, 7) is 3.29. The second-order valence-electron chi connectivity index (χ2n) is 7.81. The minimum atomic E-state index is -0.650. The first kappa shape index (κ1) is 20.8. The van der Waals surface area contributed by atoms with Gasteiger partial charge in [0.2, 0.25) is 0 Å². The Hall–Kier alpha value is -3.45. The number of hydrogen-bond donors (Lipinski definition) is 3. The lowest BCUT2D eigenvalue weighted by molar-refractivity contribution is 0.0867. The van der Waals surface area contributed by atoms with Gasteiger partial charge in [-0.05, 0) is 24.6 Å². The number of hydrogen-bond acceptors (Lipinski definition) is 5. The van der Waals surface area contributed by atoms with Crippen molar-refractivity contribution < 1.29 is 19.1 Å². The number of aliphatic hydroxyl groups is 1. The van der Waals surface area contributed by atoms with E-state index in [1.165, 1.54) is 12.1 Å². The lowest BCUT2D eigenvalue weighted by Crippen LogP contribution is -2.39. The molecule has 31 heavy (non-hydrogen) atoms. The Kier molecular flexibility index (Phi) is 5.61. The third kappa shape index (κ3) is 3.96. The lowest BCUT2D eigenvalue weighted by atomic mass is 10.0. The van der Waals surface area contributed by atoms with Crippen molar-refractivity contribution in [3.63, 3.8) is 0 Å². The second-order valence-corrected chi connectivity index (χ2v) is 7.81. The Labute approximate surface area is 178 Å². The number of benzene rings is 1. The molecule has 2 aromatic rings. The number of carbonyl (C=O) groups excluding carboxylic acids is 2. The molecule has 1 unspecified atom stereocenters. The van der Waals surface area contributed by atoms with Gasteiger partial charge in [-0.2, -0.15) is 10.4 Å². The molecule has 0 aliphatic carbocycles. The molecule has 9 nitrogen and oxygen atoms in total. The molecule has 0 fully saturated rings. The van der Waals surface area contributed by atoms with Gasteiger partial charge in [0.15, 0.2) is 0 Å². The number of fused-ring (bicyclic) bond motifs is 3. The van der Waals surface area contributed by atoms with E-state index in [9.17, 15) is 19.1 Å². The molecule has 4 rings (SSSR count). The molecular weight excluding hydrogens is 403 g/mol. The quantitative estimate of drug-likeness (QED) is 0.688. The summed E-state index contributed by atoms with van der Waals surface area (Å²) in [5.74, 6) is -1.05. The molecule has 3 heterocycles. The third-order valence-electron chi connectivity index (χ3n) is 5.84. The lowest BCUT2D eigenvalue weighted by Gasteiger charge is -2.27. The number of halogens is 1. The monoisotopic (exact) mass is 426 g/mol. The summed E-state index contributed by atoms with van der Waals surface area (Å²) < 4.78 is 15.2. The third-order valence-corrected chi connectivity index (χ3v) is 5.84. The van der Waals surface area contributed by atoms with E-state index < -0.39 is 18.0 Å². The van der Waals surface area contributed by atoms with Gasteiger partial charge >= 0.3 is 6.03 Å². The number of aliphatic hydroxyl groups excluding tert-OH is 1. The molecule has 10 heteroatoms. The highest BCUT2D eigenvalue weighted by Crippen LogP contribution is 2.26. The van der Waals surface area contributed by atoms with Crippen LogP contribution in [0.15, 0.2) is 18.2 Å². The van der Waals surface area contributed by atoms with Crippen LogP contribution in [0.3, 0.4) is 0 Å². The minimum Gasteiger partial charge on any atom is -0.393 e. The first-order valence-electron chi connectivity index (χ1n) is 10.2. The Bertz CT molecular complexity index is 1080. The van der Waals surface area contributed by atoms with Crippen LogP contribution in [0.2, 0.25) is 0 Å². The van der Waals surface area contributed by atoms with Crippen LogP contribution >= 0.6 is 0 Å². The van der Waals surface area contributed by atoms with Crippen LogP contribution in [0, 0.1) is 23.1 Å². The van der Waals surface area contributed by atoms with E-state index in [0.717, 1.165) is 11.8 Å². The van der Waals surface area contributed by atoms with Gasteiger partial charge in [-0.3, -0.25) is 9.48 Å². The average molecular weight is 426 g/mol. The van der Waals surface area contributed by atoms with Gasteiger partial charge in [0, 0.05) is 43.2 Å². The number of urea groups is 1. The van der Waals surface area contributed by atoms with E-state index in [1.54, 1.807) is 15.7 Å². The summed E-state index contributed by atoms with van der Waals surface area (Å²) in [4.78, 5) is 27.0. The summed E-state index contributed by atoms with van der Waals surface area (Å²) in [5.41, 5.74) is 2.06. The first-order valence-corrected chi connectivity index (χ1v) is 10.2. The van der Waals surface area contributed by atoms with Crippen LogP contribution in [0.1, 0.15) is 40.7 Å². The number of aromatic nitrogens is 2. The number of carbonyl (C=O) groups is 2. The van der Waals surface area contributed by atoms with Crippen molar-refractivity contribution in [3.05, 3.63) is 46.5 Å². The maximum absolute atomic E-state index is 13.5. The maximum Gasteiger partial charge on any atom is 0.322 e. The summed E-state index contributed by atoms with van der Waals surface area (Å²) in [6, 6.07) is 5.14. The molecule has 2 aliphatic heterocycles. The van der Waals surface area contributed by atoms with Crippen LogP contribution in [0.4, 0.5) is 14.9 Å². The van der Waals surface area contributed by atoms with Gasteiger partial charge in [-0.15, -0.1) is 0 Å². The molecule has 1 aromatic heterocycles. The van der Waals surface area contributed by atoms with Gasteiger partial charge < -0.3 is 20.6 Å². The molecule has 0 radical (unpaired) electrons. The van der Waals surface area contributed by atoms with E-state index in [2.05, 4.69) is 15.7 Å². The summed E-state index contributed by atoms with van der Waals surface area (Å²) >= 11 is 0. The number of anilines is 1. The van der Waals surface area contributed by atoms with Gasteiger partial charge in [0.05, 0.1) is 23.9 Å². The van der Waals surface area contributed by atoms with Crippen molar-refractivity contribution in [2.24, 2.45) is 5.92 Å². The maximum atomic E-state index is 13.5. The zero-order valence-corrected chi connectivity index (χ0v) is 17.1. The van der Waals surface area contributed by atoms with Crippen molar-refractivity contribution in [3.8, 4) is 6.07 Å². The Morgan fingerprint density at radius 3 is 3.06 bits per heavy atom. The summed E-state index contributed by atoms with van der Waals surface area (Å²) in [5, 5.41) is 29.3. The van der Waals surface area contributed by atoms with Crippen molar-refractivity contribution in [2.75, 3.05) is 18.4 Å². The van der Waals surface area contributed by atoms with Gasteiger partial charge in [-0.1, -0.05) is 6.92 Å². The molecule has 1 aromatic carbocycles. The van der Waals surface area contributed by atoms with Crippen molar-refractivity contribution in [1.82, 2.24) is 20.0 Å². The number of nitriles is 1. The highest BCUT2D eigenvalue weighted by atomic mass is 19.1. The van der Waals surface area contributed by atoms with Crippen LogP contribution in [-0.2, 0) is 19.5 Å². The van der Waals surface area contributed by atoms with E-state index in [-0.39, 0.29) is 23.9 Å². The average Bonchev–Trinajstić information content (AvgIpc) is 3.05. The first-order chi connectivity index (χ1) is 14.9. The van der Waals surface area contributed by atoms with Crippen LogP contribution in [0.5, 0.6) is 0 Å². The number of rotatable bonds is 3. The van der Waals surface area contributed by atoms with Crippen LogP contribution in [0.25, 0.3) is 0 Å². The largest absolute Gasteiger partial charge is 0.393 e. The van der Waals surface area contributed by atoms with E-state index >= 15 is 0 Å². The Morgan fingerprint density at radius 2 is 2.32 bits per heavy atom. The van der Waals surface area contributed by atoms with E-state index in [0.29, 0.717) is 49.4 Å². The predicted octanol–water partition coefficient (Wildman–Crippen LogP) is 1.61. The molecule has 3 amide bonds. The van der Waals surface area contributed by atoms with Crippen molar-refractivity contribution in [1.29, 1.82) is 5.26 Å². The van der Waals surface area contributed by atoms with E-state index in [1.807, 2.05) is 6.92 Å². The predicted molar refractivity (Wildman–Crippen MR) is 109 cm³/mol. The van der Waals surface area contributed by atoms with E-state index in [4.69, 9.17) is 5.26 Å². The Morgan fingerprint density at radius 1 is 1.52 bits per heavy atom. The topological polar surface area (TPSA) is 123 Å². The highest BCUT2D eigenvalue weighted by Gasteiger charge is 2.34. The standard InChI is InChI=1S/C21H23FN6O3/c1-2-18(29)13-9-24-20(30)19-15-11-27(6-5-17(15)26-28(19)10-13)21(31)25-14-3-4-16(22)12(7-14)8-23/h3-4,7,13,18,29H,2,5-6,9-11H2,1H3,(H,24,30)(H,25,31)/t13-,18?/m0/s1. The van der Waals surface area contributed by atoms with Crippen molar-refractivity contribution in [2.45, 2.75) is 39.0 Å². The fourth-order valence-electron chi connectivity index (χ4n) is 4.06. The molecule has 2 aliphatic rings. The summed E-state index contributed by atoms with van der Waals surface area (Å²) in [7, 11) is 0. The zero-order chi connectivity index (χ0) is 22.1. The van der Waals surface area contributed by atoms with Gasteiger partial charge in [0.1, 0.15) is 17.6 Å². The SMILES string of the molecule is CCC(O)[C@H]1CNC(=O)c2c3c(nn2C1)CCN(C(=O)Nc1ccc(F)c(C#N)c1)C3. The molecule has 162 valence electrons. The van der Waals surface area contributed by atoms with Gasteiger partial charge in [0.25, 0.3) is 5.91 Å². The number of amides is 3. The van der Waals surface area contributed by atoms with Crippen LogP contribution in [-0.4, -0.2) is 50.9 Å². The number of nitrogens with zero attached hydrogens (tertiary/aromatic N) is 4. The van der Waals surface area contributed by atoms with Crippen LogP contribution < -0.4 is 10.6 Å². The molecule has 0 saturated carbocycles.